The van der Waals surface area contributed by atoms with E-state index in [-0.39, 0.29) is 5.91 Å². The van der Waals surface area contributed by atoms with Crippen molar-refractivity contribution in [2.24, 2.45) is 0 Å². The van der Waals surface area contributed by atoms with Crippen molar-refractivity contribution in [3.05, 3.63) is 30.6 Å². The van der Waals surface area contributed by atoms with Gasteiger partial charge in [0, 0.05) is 45.3 Å². The molecule has 1 saturated heterocycles. The number of hydrogen-bond acceptors (Lipinski definition) is 7. The highest BCUT2D eigenvalue weighted by Gasteiger charge is 2.21. The number of anilines is 4. The van der Waals surface area contributed by atoms with Crippen LogP contribution < -0.4 is 15.5 Å². The van der Waals surface area contributed by atoms with Crippen LogP contribution in [0.5, 0.6) is 0 Å². The van der Waals surface area contributed by atoms with E-state index in [0.29, 0.717) is 12.0 Å². The summed E-state index contributed by atoms with van der Waals surface area (Å²) in [6.07, 6.45) is 5.95. The molecule has 3 heterocycles. The Morgan fingerprint density at radius 1 is 1.12 bits per heavy atom. The van der Waals surface area contributed by atoms with E-state index in [1.54, 1.807) is 19.3 Å². The predicted octanol–water partition coefficient (Wildman–Crippen LogP) is 1.86. The Hall–Kier alpha value is -2.90. The number of carbonyl (C=O) groups excluding carboxylic acids is 1. The number of pyridine rings is 1. The molecule has 26 heavy (non-hydrogen) atoms. The third-order valence-electron chi connectivity index (χ3n) is 4.64. The minimum Gasteiger partial charge on any atom is -0.367 e. The molecule has 0 aromatic carbocycles. The fraction of sp³-hybridized carbons (Fsp3) is 0.444. The number of nitrogens with zero attached hydrogens (tertiary/aromatic N) is 5. The van der Waals surface area contributed by atoms with Crippen molar-refractivity contribution in [1.82, 2.24) is 19.9 Å². The zero-order valence-corrected chi connectivity index (χ0v) is 14.9. The third kappa shape index (κ3) is 4.01. The van der Waals surface area contributed by atoms with Crippen LogP contribution in [-0.2, 0) is 4.79 Å². The van der Waals surface area contributed by atoms with E-state index in [0.717, 1.165) is 43.5 Å². The van der Waals surface area contributed by atoms with Gasteiger partial charge in [0.25, 0.3) is 0 Å². The maximum absolute atomic E-state index is 11.4. The molecule has 2 aromatic heterocycles. The smallest absolute Gasteiger partial charge is 0.229 e. The summed E-state index contributed by atoms with van der Waals surface area (Å²) in [6, 6.07) is 6.40. The van der Waals surface area contributed by atoms with E-state index >= 15 is 0 Å². The second kappa shape index (κ2) is 7.15. The van der Waals surface area contributed by atoms with E-state index in [1.165, 1.54) is 12.8 Å². The molecule has 2 aliphatic rings. The molecular weight excluding hydrogens is 330 g/mol. The summed E-state index contributed by atoms with van der Waals surface area (Å²) in [5.41, 5.74) is 0.847. The zero-order chi connectivity index (χ0) is 17.9. The maximum atomic E-state index is 11.4. The molecule has 1 aliphatic carbocycles. The second-order valence-electron chi connectivity index (χ2n) is 6.71. The lowest BCUT2D eigenvalue weighted by molar-refractivity contribution is -0.129. The number of amides is 1. The van der Waals surface area contributed by atoms with Crippen molar-refractivity contribution < 1.29 is 4.79 Å². The molecule has 2 N–H and O–H groups in total. The van der Waals surface area contributed by atoms with Gasteiger partial charge >= 0.3 is 0 Å². The average Bonchev–Trinajstić information content (AvgIpc) is 3.47. The van der Waals surface area contributed by atoms with Gasteiger partial charge in [0.05, 0.1) is 11.9 Å². The Bertz CT molecular complexity index is 767. The Labute approximate surface area is 152 Å². The van der Waals surface area contributed by atoms with Gasteiger partial charge in [-0.15, -0.1) is 0 Å². The molecule has 136 valence electrons. The van der Waals surface area contributed by atoms with Gasteiger partial charge < -0.3 is 20.4 Å². The molecule has 0 radical (unpaired) electrons. The molecule has 0 bridgehead atoms. The highest BCUT2D eigenvalue weighted by Crippen LogP contribution is 2.24. The minimum absolute atomic E-state index is 0.135. The van der Waals surface area contributed by atoms with E-state index in [9.17, 15) is 4.79 Å². The number of aromatic nitrogens is 3. The van der Waals surface area contributed by atoms with Crippen LogP contribution in [0.1, 0.15) is 19.8 Å². The Balaban J connectivity index is 1.36. The zero-order valence-electron chi connectivity index (χ0n) is 14.9. The summed E-state index contributed by atoms with van der Waals surface area (Å²) in [6.45, 7) is 4.71. The largest absolute Gasteiger partial charge is 0.367 e. The molecule has 4 rings (SSSR count). The molecule has 0 spiro atoms. The fourth-order valence-corrected chi connectivity index (χ4v) is 2.96. The summed E-state index contributed by atoms with van der Waals surface area (Å²) in [5, 5.41) is 6.56. The first kappa shape index (κ1) is 16.6. The molecule has 0 unspecified atom stereocenters. The second-order valence-corrected chi connectivity index (χ2v) is 6.71. The van der Waals surface area contributed by atoms with Crippen LogP contribution in [0.25, 0.3) is 0 Å². The lowest BCUT2D eigenvalue weighted by Gasteiger charge is -2.34. The molecule has 2 fully saturated rings. The number of piperazine rings is 1. The molecule has 8 heteroatoms. The summed E-state index contributed by atoms with van der Waals surface area (Å²) in [4.78, 5) is 28.8. The van der Waals surface area contributed by atoms with Gasteiger partial charge in [-0.2, -0.15) is 4.98 Å². The number of hydrogen-bond donors (Lipinski definition) is 2. The van der Waals surface area contributed by atoms with Gasteiger partial charge in [-0.25, -0.2) is 9.97 Å². The van der Waals surface area contributed by atoms with E-state index in [4.69, 9.17) is 0 Å². The number of rotatable bonds is 5. The molecule has 8 nitrogen and oxygen atoms in total. The van der Waals surface area contributed by atoms with Gasteiger partial charge in [0.15, 0.2) is 0 Å². The lowest BCUT2D eigenvalue weighted by atomic mass is 10.3. The van der Waals surface area contributed by atoms with Gasteiger partial charge in [-0.1, -0.05) is 0 Å². The van der Waals surface area contributed by atoms with Crippen LogP contribution in [0.3, 0.4) is 0 Å². The predicted molar refractivity (Wildman–Crippen MR) is 101 cm³/mol. The number of carbonyl (C=O) groups is 1. The van der Waals surface area contributed by atoms with Gasteiger partial charge in [-0.3, -0.25) is 4.79 Å². The molecule has 1 amide bonds. The van der Waals surface area contributed by atoms with E-state index in [2.05, 4.69) is 30.5 Å². The first-order valence-electron chi connectivity index (χ1n) is 9.00. The average molecular weight is 353 g/mol. The summed E-state index contributed by atoms with van der Waals surface area (Å²) in [5.74, 6) is 2.46. The van der Waals surface area contributed by atoms with Crippen molar-refractivity contribution in [3.8, 4) is 0 Å². The van der Waals surface area contributed by atoms with E-state index < -0.39 is 0 Å². The van der Waals surface area contributed by atoms with Gasteiger partial charge in [-0.05, 0) is 31.0 Å². The van der Waals surface area contributed by atoms with Crippen LogP contribution in [-0.4, -0.2) is 58.0 Å². The lowest BCUT2D eigenvalue weighted by Crippen LogP contribution is -2.48. The molecule has 1 aliphatic heterocycles. The van der Waals surface area contributed by atoms with Crippen molar-refractivity contribution in [3.63, 3.8) is 0 Å². The Morgan fingerprint density at radius 2 is 1.92 bits per heavy atom. The van der Waals surface area contributed by atoms with Gasteiger partial charge in [0.1, 0.15) is 11.6 Å². The Morgan fingerprint density at radius 3 is 2.58 bits per heavy atom. The fourth-order valence-electron chi connectivity index (χ4n) is 2.96. The first-order chi connectivity index (χ1) is 12.7. The summed E-state index contributed by atoms with van der Waals surface area (Å²) >= 11 is 0. The van der Waals surface area contributed by atoms with Crippen LogP contribution in [0.2, 0.25) is 0 Å². The normalized spacial score (nSPS) is 17.1. The minimum atomic E-state index is 0.135. The highest BCUT2D eigenvalue weighted by atomic mass is 16.2. The molecular formula is C18H23N7O. The summed E-state index contributed by atoms with van der Waals surface area (Å²) < 4.78 is 0. The quantitative estimate of drug-likeness (QED) is 0.848. The third-order valence-corrected chi connectivity index (χ3v) is 4.64. The molecule has 2 aromatic rings. The highest BCUT2D eigenvalue weighted by molar-refractivity contribution is 5.73. The SMILES string of the molecule is CC(=O)N1CCN(c2ccc(Nc3nccc(NC4CC4)n3)cn2)CC1. The van der Waals surface area contributed by atoms with Crippen molar-refractivity contribution in [1.29, 1.82) is 0 Å². The Kier molecular flexibility index (Phi) is 4.55. The maximum Gasteiger partial charge on any atom is 0.229 e. The van der Waals surface area contributed by atoms with Crippen molar-refractivity contribution in [2.45, 2.75) is 25.8 Å². The molecule has 1 saturated carbocycles. The standard InChI is InChI=1S/C18H23N7O/c1-13(26)24-8-10-25(11-9-24)17-5-4-15(12-20-17)22-18-19-7-6-16(23-18)21-14-2-3-14/h4-7,12,14H,2-3,8-11H2,1H3,(H2,19,21,22,23). The first-order valence-corrected chi connectivity index (χ1v) is 9.00. The van der Waals surface area contributed by atoms with Crippen LogP contribution in [0.15, 0.2) is 30.6 Å². The number of nitrogens with one attached hydrogen (secondary N) is 2. The van der Waals surface area contributed by atoms with Crippen molar-refractivity contribution in [2.75, 3.05) is 41.7 Å². The monoisotopic (exact) mass is 353 g/mol. The van der Waals surface area contributed by atoms with E-state index in [1.807, 2.05) is 23.1 Å². The van der Waals surface area contributed by atoms with Gasteiger partial charge in [0.2, 0.25) is 11.9 Å². The van der Waals surface area contributed by atoms with Crippen LogP contribution in [0, 0.1) is 0 Å². The topological polar surface area (TPSA) is 86.3 Å². The van der Waals surface area contributed by atoms with Crippen LogP contribution >= 0.6 is 0 Å². The molecule has 0 atom stereocenters. The van der Waals surface area contributed by atoms with Crippen LogP contribution in [0.4, 0.5) is 23.3 Å². The summed E-state index contributed by atoms with van der Waals surface area (Å²) in [7, 11) is 0. The van der Waals surface area contributed by atoms with Crippen molar-refractivity contribution >= 4 is 29.2 Å².